The number of amides is 2. The minimum atomic E-state index is -0.890. The van der Waals surface area contributed by atoms with E-state index in [1.165, 1.54) is 10.5 Å². The number of nitrogens with zero attached hydrogens (tertiary/aromatic N) is 1. The van der Waals surface area contributed by atoms with Gasteiger partial charge in [0.2, 0.25) is 11.8 Å². The summed E-state index contributed by atoms with van der Waals surface area (Å²) in [5, 5.41) is 10.3. The molecule has 0 unspecified atom stereocenters. The molecule has 148 valence electrons. The fourth-order valence-electron chi connectivity index (χ4n) is 4.17. The van der Waals surface area contributed by atoms with Gasteiger partial charge in [-0.1, -0.05) is 52.2 Å². The molecule has 27 heavy (non-hydrogen) atoms. The maximum Gasteiger partial charge on any atom is 0.235 e. The van der Waals surface area contributed by atoms with Crippen molar-refractivity contribution in [1.82, 2.24) is 4.90 Å². The van der Waals surface area contributed by atoms with E-state index in [2.05, 4.69) is 20.8 Å². The zero-order valence-corrected chi connectivity index (χ0v) is 16.7. The van der Waals surface area contributed by atoms with Crippen molar-refractivity contribution in [2.45, 2.75) is 70.8 Å². The van der Waals surface area contributed by atoms with E-state index in [4.69, 9.17) is 4.74 Å². The molecule has 2 aliphatic rings. The Labute approximate surface area is 161 Å². The molecule has 0 radical (unpaired) electrons. The third-order valence-corrected chi connectivity index (χ3v) is 5.86. The van der Waals surface area contributed by atoms with E-state index in [-0.39, 0.29) is 30.4 Å². The molecule has 1 spiro atoms. The molecular weight excluding hydrogens is 342 g/mol. The molecule has 2 amide bonds. The summed E-state index contributed by atoms with van der Waals surface area (Å²) in [6, 6.07) is 7.80. The lowest BCUT2D eigenvalue weighted by Gasteiger charge is -2.30. The van der Waals surface area contributed by atoms with Crippen molar-refractivity contribution in [3.63, 3.8) is 0 Å². The van der Waals surface area contributed by atoms with E-state index in [1.54, 1.807) is 0 Å². The summed E-state index contributed by atoms with van der Waals surface area (Å²) in [6.45, 7) is 6.51. The van der Waals surface area contributed by atoms with E-state index < -0.39 is 11.5 Å². The molecule has 2 fully saturated rings. The van der Waals surface area contributed by atoms with Crippen molar-refractivity contribution in [1.29, 1.82) is 0 Å². The number of imide groups is 1. The standard InChI is InChI=1S/C22H31NO4/c1-21(2,3)16-7-9-18(10-8-16)27-15-17(24)14-23-19(25)13-22(20(23)26)11-5-4-6-12-22/h7-10,17,24H,4-6,11-15H2,1-3H3/t17-/m0/s1. The number of carbonyl (C=O) groups is 2. The van der Waals surface area contributed by atoms with Gasteiger partial charge in [0.1, 0.15) is 18.5 Å². The van der Waals surface area contributed by atoms with Gasteiger partial charge in [0.15, 0.2) is 0 Å². The lowest BCUT2D eigenvalue weighted by Crippen LogP contribution is -2.42. The monoisotopic (exact) mass is 373 g/mol. The zero-order valence-electron chi connectivity index (χ0n) is 16.7. The highest BCUT2D eigenvalue weighted by atomic mass is 16.5. The second-order valence-corrected chi connectivity index (χ2v) is 9.07. The van der Waals surface area contributed by atoms with Crippen molar-refractivity contribution >= 4 is 11.8 Å². The normalized spacial score (nSPS) is 21.0. The Hall–Kier alpha value is -1.88. The van der Waals surface area contributed by atoms with Gasteiger partial charge in [-0.3, -0.25) is 14.5 Å². The minimum absolute atomic E-state index is 0.0134. The molecule has 1 N–H and O–H groups in total. The second-order valence-electron chi connectivity index (χ2n) is 9.07. The number of hydrogen-bond donors (Lipinski definition) is 1. The number of benzene rings is 1. The van der Waals surface area contributed by atoms with E-state index in [1.807, 2.05) is 24.3 Å². The van der Waals surface area contributed by atoms with Crippen molar-refractivity contribution in [2.75, 3.05) is 13.2 Å². The molecule has 1 aromatic carbocycles. The van der Waals surface area contributed by atoms with Gasteiger partial charge in [-0.25, -0.2) is 0 Å². The van der Waals surface area contributed by atoms with Crippen molar-refractivity contribution in [2.24, 2.45) is 5.41 Å². The van der Waals surface area contributed by atoms with Crippen LogP contribution in [-0.2, 0) is 15.0 Å². The van der Waals surface area contributed by atoms with Gasteiger partial charge in [-0.15, -0.1) is 0 Å². The molecule has 1 aromatic rings. The lowest BCUT2D eigenvalue weighted by atomic mass is 9.73. The van der Waals surface area contributed by atoms with Crippen LogP contribution in [0.5, 0.6) is 5.75 Å². The van der Waals surface area contributed by atoms with Gasteiger partial charge >= 0.3 is 0 Å². The maximum absolute atomic E-state index is 12.8. The first-order valence-corrected chi connectivity index (χ1v) is 9.97. The van der Waals surface area contributed by atoms with Gasteiger partial charge in [0.05, 0.1) is 12.0 Å². The highest BCUT2D eigenvalue weighted by Crippen LogP contribution is 2.45. The molecule has 5 nitrogen and oxygen atoms in total. The summed E-state index contributed by atoms with van der Waals surface area (Å²) in [5.74, 6) is 0.418. The van der Waals surface area contributed by atoms with Crippen molar-refractivity contribution in [3.8, 4) is 5.75 Å². The van der Waals surface area contributed by atoms with Crippen LogP contribution in [0.1, 0.15) is 64.9 Å². The number of aliphatic hydroxyl groups excluding tert-OH is 1. The van der Waals surface area contributed by atoms with Crippen LogP contribution in [-0.4, -0.2) is 41.1 Å². The Bertz CT molecular complexity index is 683. The number of aliphatic hydroxyl groups is 1. The SMILES string of the molecule is CC(C)(C)c1ccc(OC[C@@H](O)CN2C(=O)CC3(CCCCC3)C2=O)cc1. The molecule has 1 atom stereocenters. The first-order valence-electron chi connectivity index (χ1n) is 9.97. The number of carbonyl (C=O) groups excluding carboxylic acids is 2. The van der Waals surface area contributed by atoms with Crippen LogP contribution in [0.25, 0.3) is 0 Å². The van der Waals surface area contributed by atoms with E-state index >= 15 is 0 Å². The van der Waals surface area contributed by atoms with Gasteiger partial charge < -0.3 is 9.84 Å². The van der Waals surface area contributed by atoms with Crippen LogP contribution in [0, 0.1) is 5.41 Å². The van der Waals surface area contributed by atoms with Gasteiger partial charge in [-0.05, 0) is 36.0 Å². The topological polar surface area (TPSA) is 66.8 Å². The summed E-state index contributed by atoms with van der Waals surface area (Å²) < 4.78 is 5.65. The Balaban J connectivity index is 1.54. The van der Waals surface area contributed by atoms with Crippen LogP contribution < -0.4 is 4.74 Å². The van der Waals surface area contributed by atoms with Crippen LogP contribution in [0.2, 0.25) is 0 Å². The summed E-state index contributed by atoms with van der Waals surface area (Å²) in [7, 11) is 0. The van der Waals surface area contributed by atoms with Crippen LogP contribution in [0.3, 0.4) is 0 Å². The molecule has 5 heteroatoms. The quantitative estimate of drug-likeness (QED) is 0.803. The largest absolute Gasteiger partial charge is 0.491 e. The van der Waals surface area contributed by atoms with Crippen LogP contribution in [0.15, 0.2) is 24.3 Å². The Morgan fingerprint density at radius 1 is 1.11 bits per heavy atom. The summed E-state index contributed by atoms with van der Waals surface area (Å²) in [6.07, 6.45) is 4.13. The van der Waals surface area contributed by atoms with Gasteiger partial charge in [-0.2, -0.15) is 0 Å². The average molecular weight is 373 g/mol. The molecule has 1 aliphatic heterocycles. The number of hydrogen-bond acceptors (Lipinski definition) is 4. The van der Waals surface area contributed by atoms with Gasteiger partial charge in [0.25, 0.3) is 0 Å². The number of likely N-dealkylation sites (tertiary alicyclic amines) is 1. The molecule has 1 heterocycles. The maximum atomic E-state index is 12.8. The third-order valence-electron chi connectivity index (χ3n) is 5.86. The Morgan fingerprint density at radius 2 is 1.74 bits per heavy atom. The van der Waals surface area contributed by atoms with Crippen LogP contribution >= 0.6 is 0 Å². The van der Waals surface area contributed by atoms with E-state index in [0.717, 1.165) is 32.1 Å². The molecule has 1 saturated heterocycles. The Morgan fingerprint density at radius 3 is 2.33 bits per heavy atom. The molecule has 1 aliphatic carbocycles. The highest BCUT2D eigenvalue weighted by Gasteiger charge is 2.51. The summed E-state index contributed by atoms with van der Waals surface area (Å²) in [5.41, 5.74) is 0.781. The first-order chi connectivity index (χ1) is 12.7. The smallest absolute Gasteiger partial charge is 0.235 e. The molecular formula is C22H31NO4. The zero-order chi connectivity index (χ0) is 19.7. The third kappa shape index (κ3) is 4.34. The predicted octanol–water partition coefficient (Wildman–Crippen LogP) is 3.43. The van der Waals surface area contributed by atoms with Gasteiger partial charge in [0, 0.05) is 6.42 Å². The highest BCUT2D eigenvalue weighted by molar-refractivity contribution is 6.06. The molecule has 1 saturated carbocycles. The number of ether oxygens (including phenoxy) is 1. The second kappa shape index (κ2) is 7.63. The fourth-order valence-corrected chi connectivity index (χ4v) is 4.17. The van der Waals surface area contributed by atoms with Crippen LogP contribution in [0.4, 0.5) is 0 Å². The van der Waals surface area contributed by atoms with Crippen molar-refractivity contribution in [3.05, 3.63) is 29.8 Å². The predicted molar refractivity (Wildman–Crippen MR) is 103 cm³/mol. The lowest BCUT2D eigenvalue weighted by molar-refractivity contribution is -0.144. The fraction of sp³-hybridized carbons (Fsp3) is 0.636. The minimum Gasteiger partial charge on any atom is -0.491 e. The summed E-state index contributed by atoms with van der Waals surface area (Å²) >= 11 is 0. The number of β-amino-alcohol motifs (C(OH)–C–C–N with tert-alkyl or cyclic N) is 1. The van der Waals surface area contributed by atoms with Crippen molar-refractivity contribution < 1.29 is 19.4 Å². The average Bonchev–Trinajstić information content (AvgIpc) is 2.84. The molecule has 0 aromatic heterocycles. The first kappa shape index (κ1) is 19.9. The Kier molecular flexibility index (Phi) is 5.61. The van der Waals surface area contributed by atoms with E-state index in [0.29, 0.717) is 12.2 Å². The molecule has 3 rings (SSSR count). The van der Waals surface area contributed by atoms with E-state index in [9.17, 15) is 14.7 Å². The summed E-state index contributed by atoms with van der Waals surface area (Å²) in [4.78, 5) is 26.4. The molecule has 0 bridgehead atoms. The number of rotatable bonds is 5.